The fourth-order valence-electron chi connectivity index (χ4n) is 0.994. The van der Waals surface area contributed by atoms with Crippen LogP contribution in [0.15, 0.2) is 28.7 Å². The molecular weight excluding hydrogens is 291 g/mol. The van der Waals surface area contributed by atoms with Crippen molar-refractivity contribution in [1.29, 1.82) is 0 Å². The van der Waals surface area contributed by atoms with E-state index in [1.54, 1.807) is 0 Å². The minimum Gasteiger partial charge on any atom is -0.258 e. The average Bonchev–Trinajstić information content (AvgIpc) is 2.16. The van der Waals surface area contributed by atoms with Gasteiger partial charge in [0.25, 0.3) is 5.69 Å². The van der Waals surface area contributed by atoms with Crippen molar-refractivity contribution in [3.05, 3.63) is 44.4 Å². The standard InChI is InChI=1S/C9H5BrF3NO2/c10-8(9(11,12)13)5-6-3-1-2-4-7(6)14(15)16/h1-5H. The maximum atomic E-state index is 12.2. The largest absolute Gasteiger partial charge is 0.422 e. The van der Waals surface area contributed by atoms with Crippen LogP contribution in [0.5, 0.6) is 0 Å². The molecule has 0 aliphatic heterocycles. The number of nitrogens with zero attached hydrogens (tertiary/aromatic N) is 1. The third kappa shape index (κ3) is 3.06. The molecule has 0 saturated heterocycles. The third-order valence-electron chi connectivity index (χ3n) is 1.69. The molecular formula is C9H5BrF3NO2. The van der Waals surface area contributed by atoms with Crippen molar-refractivity contribution in [3.8, 4) is 0 Å². The van der Waals surface area contributed by atoms with Crippen LogP contribution in [0, 0.1) is 10.1 Å². The van der Waals surface area contributed by atoms with Gasteiger partial charge in [-0.1, -0.05) is 12.1 Å². The van der Waals surface area contributed by atoms with Crippen LogP contribution in [0.2, 0.25) is 0 Å². The van der Waals surface area contributed by atoms with Gasteiger partial charge in [0.15, 0.2) is 0 Å². The summed E-state index contributed by atoms with van der Waals surface area (Å²) in [6.45, 7) is 0. The third-order valence-corrected chi connectivity index (χ3v) is 2.36. The van der Waals surface area contributed by atoms with Gasteiger partial charge in [-0.25, -0.2) is 0 Å². The molecule has 1 rings (SSSR count). The van der Waals surface area contributed by atoms with E-state index in [-0.39, 0.29) is 11.3 Å². The Bertz CT molecular complexity index is 443. The topological polar surface area (TPSA) is 43.1 Å². The molecule has 0 atom stereocenters. The van der Waals surface area contributed by atoms with Crippen LogP contribution in [0.4, 0.5) is 18.9 Å². The fraction of sp³-hybridized carbons (Fsp3) is 0.111. The van der Waals surface area contributed by atoms with E-state index in [2.05, 4.69) is 15.9 Å². The molecule has 0 saturated carbocycles. The Labute approximate surface area is 96.9 Å². The summed E-state index contributed by atoms with van der Waals surface area (Å²) in [5, 5.41) is 10.5. The van der Waals surface area contributed by atoms with E-state index < -0.39 is 15.6 Å². The average molecular weight is 296 g/mol. The maximum Gasteiger partial charge on any atom is 0.422 e. The fourth-order valence-corrected chi connectivity index (χ4v) is 1.24. The Balaban J connectivity index is 3.20. The van der Waals surface area contributed by atoms with Crippen LogP contribution >= 0.6 is 15.9 Å². The van der Waals surface area contributed by atoms with Crippen molar-refractivity contribution in [1.82, 2.24) is 0 Å². The summed E-state index contributed by atoms with van der Waals surface area (Å²) in [6.07, 6.45) is -3.87. The predicted molar refractivity (Wildman–Crippen MR) is 56.1 cm³/mol. The molecule has 0 radical (unpaired) electrons. The Morgan fingerprint density at radius 2 is 1.94 bits per heavy atom. The van der Waals surface area contributed by atoms with Crippen molar-refractivity contribution in [2.45, 2.75) is 6.18 Å². The van der Waals surface area contributed by atoms with E-state index in [0.717, 1.165) is 6.07 Å². The SMILES string of the molecule is O=[N+]([O-])c1ccccc1C=C(Br)C(F)(F)F. The highest BCUT2D eigenvalue weighted by molar-refractivity contribution is 9.11. The van der Waals surface area contributed by atoms with Gasteiger partial charge in [0.2, 0.25) is 0 Å². The first-order chi connectivity index (χ1) is 7.32. The van der Waals surface area contributed by atoms with Crippen LogP contribution < -0.4 is 0 Å². The Morgan fingerprint density at radius 3 is 2.44 bits per heavy atom. The summed E-state index contributed by atoms with van der Waals surface area (Å²) >= 11 is 2.33. The van der Waals surface area contributed by atoms with E-state index >= 15 is 0 Å². The second-order valence-electron chi connectivity index (χ2n) is 2.81. The lowest BCUT2D eigenvalue weighted by molar-refractivity contribution is -0.385. The van der Waals surface area contributed by atoms with Gasteiger partial charge < -0.3 is 0 Å². The zero-order valence-corrected chi connectivity index (χ0v) is 9.25. The number of allylic oxidation sites excluding steroid dienone is 1. The summed E-state index contributed by atoms with van der Waals surface area (Å²) in [7, 11) is 0. The molecule has 0 spiro atoms. The van der Waals surface area contributed by atoms with Crippen LogP contribution in [-0.2, 0) is 0 Å². The minimum absolute atomic E-state index is 0.100. The normalized spacial score (nSPS) is 12.6. The van der Waals surface area contributed by atoms with Crippen molar-refractivity contribution >= 4 is 27.7 Å². The highest BCUT2D eigenvalue weighted by Gasteiger charge is 2.32. The molecule has 0 N–H and O–H groups in total. The number of hydrogen-bond acceptors (Lipinski definition) is 2. The Kier molecular flexibility index (Phi) is 3.69. The molecule has 16 heavy (non-hydrogen) atoms. The van der Waals surface area contributed by atoms with Gasteiger partial charge in [-0.3, -0.25) is 10.1 Å². The lowest BCUT2D eigenvalue weighted by Gasteiger charge is -2.04. The maximum absolute atomic E-state index is 12.2. The number of hydrogen-bond donors (Lipinski definition) is 0. The molecule has 0 aromatic heterocycles. The molecule has 0 unspecified atom stereocenters. The van der Waals surface area contributed by atoms with Crippen molar-refractivity contribution < 1.29 is 18.1 Å². The molecule has 3 nitrogen and oxygen atoms in total. The van der Waals surface area contributed by atoms with Gasteiger partial charge in [-0.15, -0.1) is 0 Å². The second kappa shape index (κ2) is 4.65. The first-order valence-corrected chi connectivity index (χ1v) is 4.79. The molecule has 7 heteroatoms. The van der Waals surface area contributed by atoms with E-state index in [4.69, 9.17) is 0 Å². The number of para-hydroxylation sites is 1. The van der Waals surface area contributed by atoms with E-state index in [1.165, 1.54) is 18.2 Å². The van der Waals surface area contributed by atoms with Crippen molar-refractivity contribution in [2.24, 2.45) is 0 Å². The van der Waals surface area contributed by atoms with Crippen LogP contribution in [0.1, 0.15) is 5.56 Å². The van der Waals surface area contributed by atoms with Gasteiger partial charge in [0.05, 0.1) is 15.0 Å². The number of rotatable bonds is 2. The van der Waals surface area contributed by atoms with Gasteiger partial charge in [0.1, 0.15) is 0 Å². The molecule has 0 fully saturated rings. The molecule has 86 valence electrons. The first-order valence-electron chi connectivity index (χ1n) is 4.00. The van der Waals surface area contributed by atoms with Gasteiger partial charge in [0, 0.05) is 6.07 Å². The summed E-state index contributed by atoms with van der Waals surface area (Å²) in [5.41, 5.74) is -0.472. The molecule has 1 aromatic rings. The van der Waals surface area contributed by atoms with E-state index in [1.807, 2.05) is 0 Å². The van der Waals surface area contributed by atoms with Crippen LogP contribution in [-0.4, -0.2) is 11.1 Å². The monoisotopic (exact) mass is 295 g/mol. The number of nitro groups is 1. The van der Waals surface area contributed by atoms with E-state index in [9.17, 15) is 23.3 Å². The number of nitro benzene ring substituents is 1. The van der Waals surface area contributed by atoms with Gasteiger partial charge >= 0.3 is 6.18 Å². The van der Waals surface area contributed by atoms with Crippen LogP contribution in [0.3, 0.4) is 0 Å². The number of alkyl halides is 3. The molecule has 0 aliphatic carbocycles. The van der Waals surface area contributed by atoms with Gasteiger partial charge in [-0.05, 0) is 28.1 Å². The summed E-state index contributed by atoms with van der Waals surface area (Å²) in [4.78, 5) is 9.80. The summed E-state index contributed by atoms with van der Waals surface area (Å²) < 4.78 is 35.5. The van der Waals surface area contributed by atoms with Crippen molar-refractivity contribution in [2.75, 3.05) is 0 Å². The summed E-state index contributed by atoms with van der Waals surface area (Å²) in [5.74, 6) is 0. The Hall–Kier alpha value is -1.37. The molecule has 0 heterocycles. The highest BCUT2D eigenvalue weighted by atomic mass is 79.9. The lowest BCUT2D eigenvalue weighted by atomic mass is 10.1. The van der Waals surface area contributed by atoms with Crippen molar-refractivity contribution in [3.63, 3.8) is 0 Å². The zero-order chi connectivity index (χ0) is 12.3. The minimum atomic E-state index is -4.55. The second-order valence-corrected chi connectivity index (χ2v) is 3.66. The first kappa shape index (κ1) is 12.7. The van der Waals surface area contributed by atoms with Gasteiger partial charge in [-0.2, -0.15) is 13.2 Å². The Morgan fingerprint density at radius 1 is 1.38 bits per heavy atom. The highest BCUT2D eigenvalue weighted by Crippen LogP contribution is 2.33. The number of halogens is 4. The quantitative estimate of drug-likeness (QED) is 0.613. The van der Waals surface area contributed by atoms with E-state index in [0.29, 0.717) is 6.08 Å². The summed E-state index contributed by atoms with van der Waals surface area (Å²) in [6, 6.07) is 5.19. The predicted octanol–water partition coefficient (Wildman–Crippen LogP) is 3.89. The molecule has 0 aliphatic rings. The zero-order valence-electron chi connectivity index (χ0n) is 7.66. The molecule has 0 bridgehead atoms. The van der Waals surface area contributed by atoms with Crippen LogP contribution in [0.25, 0.3) is 6.08 Å². The lowest BCUT2D eigenvalue weighted by Crippen LogP contribution is -2.06. The molecule has 0 amide bonds. The number of benzene rings is 1. The smallest absolute Gasteiger partial charge is 0.258 e. The molecule has 1 aromatic carbocycles.